The van der Waals surface area contributed by atoms with E-state index < -0.39 is 12.6 Å². The molecule has 1 saturated carbocycles. The van der Waals surface area contributed by atoms with Crippen LogP contribution in [0.25, 0.3) is 21.6 Å². The molecule has 2 fully saturated rings. The highest BCUT2D eigenvalue weighted by Crippen LogP contribution is 2.42. The lowest BCUT2D eigenvalue weighted by molar-refractivity contribution is 0.0214. The lowest BCUT2D eigenvalue weighted by atomic mass is 9.99. The summed E-state index contributed by atoms with van der Waals surface area (Å²) in [4.78, 5) is 4.70. The molecule has 0 bridgehead atoms. The van der Waals surface area contributed by atoms with Crippen molar-refractivity contribution >= 4 is 27.4 Å². The zero-order valence-electron chi connectivity index (χ0n) is 16.5. The second-order valence-corrected chi connectivity index (χ2v) is 9.22. The van der Waals surface area contributed by atoms with E-state index in [0.717, 1.165) is 23.8 Å². The van der Waals surface area contributed by atoms with Crippen LogP contribution in [0.3, 0.4) is 0 Å². The van der Waals surface area contributed by atoms with Gasteiger partial charge in [0.2, 0.25) is 5.13 Å². The molecule has 158 valence electrons. The van der Waals surface area contributed by atoms with Crippen molar-refractivity contribution in [2.45, 2.75) is 50.7 Å². The summed E-state index contributed by atoms with van der Waals surface area (Å²) in [6, 6.07) is 5.72. The highest BCUT2D eigenvalue weighted by Gasteiger charge is 2.39. The standard InChI is InChI=1S/C21H22F3N5S/c1-11-4-17(27-18-14(8-22)5-13(6-16(11)18)12-2-3-12)19-28-29-20(30-19)25-9-15-7-21(23,24)10-26-15/h4-6,12,15,26H,2-3,7-10H2,1H3,(H,25,29). The van der Waals surface area contributed by atoms with Crippen LogP contribution >= 0.6 is 11.3 Å². The number of pyridine rings is 1. The lowest BCUT2D eigenvalue weighted by Crippen LogP contribution is -2.29. The van der Waals surface area contributed by atoms with Gasteiger partial charge >= 0.3 is 0 Å². The van der Waals surface area contributed by atoms with Crippen LogP contribution in [-0.2, 0) is 6.67 Å². The molecule has 5 rings (SSSR count). The Morgan fingerprint density at radius 3 is 2.77 bits per heavy atom. The molecule has 0 spiro atoms. The molecule has 3 heterocycles. The first-order chi connectivity index (χ1) is 14.4. The zero-order chi connectivity index (χ0) is 20.9. The second-order valence-electron chi connectivity index (χ2n) is 8.24. The van der Waals surface area contributed by atoms with Gasteiger partial charge in [-0.1, -0.05) is 17.4 Å². The SMILES string of the molecule is Cc1cc(-c2nnc(NCC3CC(F)(F)CN3)s2)nc2c(CF)cc(C3CC3)cc12. The normalized spacial score (nSPS) is 20.7. The quantitative estimate of drug-likeness (QED) is 0.584. The van der Waals surface area contributed by atoms with Crippen molar-refractivity contribution in [1.29, 1.82) is 0 Å². The van der Waals surface area contributed by atoms with E-state index in [1.54, 1.807) is 0 Å². The van der Waals surface area contributed by atoms with Gasteiger partial charge in [0.25, 0.3) is 5.92 Å². The molecule has 2 N–H and O–H groups in total. The fraction of sp³-hybridized carbons (Fsp3) is 0.476. The maximum absolute atomic E-state index is 13.8. The van der Waals surface area contributed by atoms with E-state index in [0.29, 0.717) is 39.4 Å². The molecule has 2 aromatic heterocycles. The van der Waals surface area contributed by atoms with Crippen molar-refractivity contribution in [3.8, 4) is 10.7 Å². The maximum Gasteiger partial charge on any atom is 0.261 e. The molecular weight excluding hydrogens is 411 g/mol. The van der Waals surface area contributed by atoms with Crippen LogP contribution in [0.4, 0.5) is 18.3 Å². The van der Waals surface area contributed by atoms with Gasteiger partial charge in [-0.25, -0.2) is 18.2 Å². The van der Waals surface area contributed by atoms with Gasteiger partial charge in [-0.15, -0.1) is 10.2 Å². The van der Waals surface area contributed by atoms with Gasteiger partial charge < -0.3 is 10.6 Å². The van der Waals surface area contributed by atoms with E-state index in [1.807, 2.05) is 19.1 Å². The molecule has 3 aromatic rings. The van der Waals surface area contributed by atoms with E-state index in [2.05, 4.69) is 26.9 Å². The number of fused-ring (bicyclic) bond motifs is 1. The van der Waals surface area contributed by atoms with Crippen LogP contribution in [0.5, 0.6) is 0 Å². The minimum absolute atomic E-state index is 0.189. The Morgan fingerprint density at radius 1 is 1.23 bits per heavy atom. The summed E-state index contributed by atoms with van der Waals surface area (Å²) in [5.41, 5.74) is 4.13. The van der Waals surface area contributed by atoms with Crippen LogP contribution in [-0.4, -0.2) is 40.2 Å². The summed E-state index contributed by atoms with van der Waals surface area (Å²) in [6.07, 6.45) is 2.14. The van der Waals surface area contributed by atoms with Gasteiger partial charge in [-0.3, -0.25) is 0 Å². The number of anilines is 1. The Labute approximate surface area is 176 Å². The van der Waals surface area contributed by atoms with E-state index in [-0.39, 0.29) is 19.0 Å². The number of nitrogens with zero attached hydrogens (tertiary/aromatic N) is 3. The van der Waals surface area contributed by atoms with Gasteiger partial charge in [0.1, 0.15) is 12.4 Å². The predicted octanol–water partition coefficient (Wildman–Crippen LogP) is 4.82. The first kappa shape index (κ1) is 19.7. The Morgan fingerprint density at radius 2 is 2.07 bits per heavy atom. The van der Waals surface area contributed by atoms with Gasteiger partial charge in [-0.05, 0) is 48.9 Å². The fourth-order valence-electron chi connectivity index (χ4n) is 4.00. The molecule has 1 aliphatic heterocycles. The molecule has 1 aromatic carbocycles. The number of aromatic nitrogens is 3. The van der Waals surface area contributed by atoms with E-state index in [1.165, 1.54) is 16.9 Å². The number of halogens is 3. The average Bonchev–Trinajstić information content (AvgIpc) is 3.36. The van der Waals surface area contributed by atoms with Crippen LogP contribution in [0.15, 0.2) is 18.2 Å². The van der Waals surface area contributed by atoms with Gasteiger partial charge in [0.05, 0.1) is 12.1 Å². The third kappa shape index (κ3) is 3.88. The summed E-state index contributed by atoms with van der Waals surface area (Å²) in [5, 5.41) is 16.3. The van der Waals surface area contributed by atoms with Crippen LogP contribution in [0.1, 0.15) is 41.9 Å². The fourth-order valence-corrected chi connectivity index (χ4v) is 4.71. The minimum Gasteiger partial charge on any atom is -0.359 e. The van der Waals surface area contributed by atoms with E-state index >= 15 is 0 Å². The van der Waals surface area contributed by atoms with Crippen molar-refractivity contribution in [1.82, 2.24) is 20.5 Å². The van der Waals surface area contributed by atoms with Crippen LogP contribution < -0.4 is 10.6 Å². The number of alkyl halides is 3. The number of hydrogen-bond donors (Lipinski definition) is 2. The minimum atomic E-state index is -2.65. The molecule has 2 aliphatic rings. The number of rotatable bonds is 6. The van der Waals surface area contributed by atoms with Crippen LogP contribution in [0.2, 0.25) is 0 Å². The first-order valence-corrected chi connectivity index (χ1v) is 10.9. The smallest absolute Gasteiger partial charge is 0.261 e. The zero-order valence-corrected chi connectivity index (χ0v) is 17.3. The van der Waals surface area contributed by atoms with Crippen molar-refractivity contribution in [2.24, 2.45) is 0 Å². The summed E-state index contributed by atoms with van der Waals surface area (Å²) in [6.45, 7) is 1.50. The summed E-state index contributed by atoms with van der Waals surface area (Å²) in [5.74, 6) is -2.11. The van der Waals surface area contributed by atoms with E-state index in [9.17, 15) is 13.2 Å². The highest BCUT2D eigenvalue weighted by atomic mass is 32.1. The number of hydrogen-bond acceptors (Lipinski definition) is 6. The van der Waals surface area contributed by atoms with E-state index in [4.69, 9.17) is 4.98 Å². The molecule has 5 nitrogen and oxygen atoms in total. The molecule has 1 atom stereocenters. The number of aryl methyl sites for hydroxylation is 1. The Hall–Kier alpha value is -2.26. The predicted molar refractivity (Wildman–Crippen MR) is 112 cm³/mol. The van der Waals surface area contributed by atoms with Gasteiger partial charge in [0, 0.05) is 30.0 Å². The molecule has 1 unspecified atom stereocenters. The topological polar surface area (TPSA) is 62.7 Å². The lowest BCUT2D eigenvalue weighted by Gasteiger charge is -2.11. The first-order valence-electron chi connectivity index (χ1n) is 10.1. The molecule has 30 heavy (non-hydrogen) atoms. The number of benzene rings is 1. The molecule has 0 radical (unpaired) electrons. The summed E-state index contributed by atoms with van der Waals surface area (Å²) in [7, 11) is 0. The van der Waals surface area contributed by atoms with Crippen molar-refractivity contribution in [3.63, 3.8) is 0 Å². The summed E-state index contributed by atoms with van der Waals surface area (Å²) < 4.78 is 40.3. The summed E-state index contributed by atoms with van der Waals surface area (Å²) >= 11 is 1.31. The monoisotopic (exact) mass is 433 g/mol. The second kappa shape index (κ2) is 7.46. The van der Waals surface area contributed by atoms with Crippen LogP contribution in [0, 0.1) is 6.92 Å². The van der Waals surface area contributed by atoms with Crippen molar-refractivity contribution in [2.75, 3.05) is 18.4 Å². The van der Waals surface area contributed by atoms with Crippen molar-refractivity contribution < 1.29 is 13.2 Å². The largest absolute Gasteiger partial charge is 0.359 e. The van der Waals surface area contributed by atoms with Crippen molar-refractivity contribution in [3.05, 3.63) is 34.9 Å². The number of nitrogens with one attached hydrogen (secondary N) is 2. The third-order valence-corrected chi connectivity index (χ3v) is 6.66. The highest BCUT2D eigenvalue weighted by molar-refractivity contribution is 7.18. The molecular formula is C21H22F3N5S. The third-order valence-electron chi connectivity index (χ3n) is 5.75. The van der Waals surface area contributed by atoms with Gasteiger partial charge in [-0.2, -0.15) is 0 Å². The van der Waals surface area contributed by atoms with Gasteiger partial charge in [0.15, 0.2) is 5.01 Å². The molecule has 0 amide bonds. The Balaban J connectivity index is 1.39. The average molecular weight is 434 g/mol. The Kier molecular flexibility index (Phi) is 4.89. The Bertz CT molecular complexity index is 1100. The molecule has 1 aliphatic carbocycles. The maximum atomic E-state index is 13.8. The molecule has 9 heteroatoms. The molecule has 1 saturated heterocycles.